The molecule has 0 unspecified atom stereocenters. The molecule has 1 fully saturated rings. The molecule has 0 heterocycles. The molecule has 1 saturated carbocycles. The summed E-state index contributed by atoms with van der Waals surface area (Å²) >= 11 is 0. The first-order chi connectivity index (χ1) is 9.54. The lowest BCUT2D eigenvalue weighted by Gasteiger charge is -2.05. The molecule has 1 aliphatic rings. The van der Waals surface area contributed by atoms with Crippen molar-refractivity contribution in [3.8, 4) is 0 Å². The van der Waals surface area contributed by atoms with Crippen LogP contribution in [0, 0.1) is 0 Å². The molecule has 0 radical (unpaired) electrons. The van der Waals surface area contributed by atoms with Gasteiger partial charge in [-0.1, -0.05) is 77.4 Å². The largest absolute Gasteiger partial charge is 0.478 e. The Morgan fingerprint density at radius 1 is 0.600 bits per heavy atom. The Labute approximate surface area is 122 Å². The van der Waals surface area contributed by atoms with Gasteiger partial charge in [-0.2, -0.15) is 0 Å². The zero-order valence-corrected chi connectivity index (χ0v) is 12.4. The van der Waals surface area contributed by atoms with Crippen molar-refractivity contribution in [2.24, 2.45) is 0 Å². The Morgan fingerprint density at radius 3 is 0.750 bits per heavy atom. The fraction of sp³-hybridized carbons (Fsp3) is 0.625. The van der Waals surface area contributed by atoms with E-state index in [4.69, 9.17) is 10.2 Å². The van der Waals surface area contributed by atoms with Crippen molar-refractivity contribution in [1.29, 1.82) is 0 Å². The maximum absolute atomic E-state index is 9.25. The molecule has 0 aromatic heterocycles. The molecule has 20 heavy (non-hydrogen) atoms. The van der Waals surface area contributed by atoms with Crippen molar-refractivity contribution >= 4 is 11.9 Å². The summed E-state index contributed by atoms with van der Waals surface area (Å²) in [5, 5.41) is 15.2. The SMILES string of the molecule is C1CCCCCCCCC1.C=CC(=O)O.C=CC(=O)O. The van der Waals surface area contributed by atoms with E-state index < -0.39 is 11.9 Å². The summed E-state index contributed by atoms with van der Waals surface area (Å²) in [4.78, 5) is 18.5. The van der Waals surface area contributed by atoms with E-state index in [9.17, 15) is 9.59 Å². The number of carboxylic acid groups (broad SMARTS) is 2. The highest BCUT2D eigenvalue weighted by molar-refractivity contribution is 5.79. The maximum Gasteiger partial charge on any atom is 0.327 e. The molecular weight excluding hydrogens is 256 g/mol. The lowest BCUT2D eigenvalue weighted by molar-refractivity contribution is -0.132. The predicted octanol–water partition coefficient (Wildman–Crippen LogP) is 4.42. The summed E-state index contributed by atoms with van der Waals surface area (Å²) < 4.78 is 0. The third-order valence-electron chi connectivity index (χ3n) is 2.85. The molecule has 0 aromatic rings. The van der Waals surface area contributed by atoms with E-state index in [2.05, 4.69) is 13.2 Å². The maximum atomic E-state index is 9.25. The van der Waals surface area contributed by atoms with Gasteiger partial charge >= 0.3 is 11.9 Å². The van der Waals surface area contributed by atoms with Gasteiger partial charge in [-0.3, -0.25) is 0 Å². The lowest BCUT2D eigenvalue weighted by Crippen LogP contribution is -1.85. The molecule has 4 nitrogen and oxygen atoms in total. The highest BCUT2D eigenvalue weighted by Crippen LogP contribution is 2.15. The number of aliphatic carboxylic acids is 2. The van der Waals surface area contributed by atoms with Crippen LogP contribution < -0.4 is 0 Å². The van der Waals surface area contributed by atoms with Crippen LogP contribution in [0.3, 0.4) is 0 Å². The molecular formula is C16H28O4. The molecule has 1 aliphatic carbocycles. The van der Waals surface area contributed by atoms with Crippen LogP contribution in [0.25, 0.3) is 0 Å². The Balaban J connectivity index is 0. The summed E-state index contributed by atoms with van der Waals surface area (Å²) in [5.41, 5.74) is 0. The summed E-state index contributed by atoms with van der Waals surface area (Å²) in [6.07, 6.45) is 16.7. The van der Waals surface area contributed by atoms with Crippen LogP contribution in [-0.2, 0) is 9.59 Å². The Kier molecular flexibility index (Phi) is 18.1. The van der Waals surface area contributed by atoms with Gasteiger partial charge in [-0.05, 0) is 0 Å². The van der Waals surface area contributed by atoms with E-state index in [1.807, 2.05) is 0 Å². The van der Waals surface area contributed by atoms with E-state index in [0.29, 0.717) is 0 Å². The van der Waals surface area contributed by atoms with E-state index in [1.165, 1.54) is 64.2 Å². The second kappa shape index (κ2) is 17.4. The second-order valence-corrected chi connectivity index (χ2v) is 4.62. The van der Waals surface area contributed by atoms with Crippen LogP contribution >= 0.6 is 0 Å². The minimum atomic E-state index is -0.981. The van der Waals surface area contributed by atoms with Crippen LogP contribution in [0.1, 0.15) is 64.2 Å². The number of rotatable bonds is 2. The molecule has 0 spiro atoms. The summed E-state index contributed by atoms with van der Waals surface area (Å²) in [6.45, 7) is 5.92. The fourth-order valence-electron chi connectivity index (χ4n) is 1.77. The zero-order chi connectivity index (χ0) is 15.6. The molecule has 0 amide bonds. The third-order valence-corrected chi connectivity index (χ3v) is 2.85. The first-order valence-electron chi connectivity index (χ1n) is 7.25. The molecule has 116 valence electrons. The first kappa shape index (κ1) is 20.7. The van der Waals surface area contributed by atoms with Crippen molar-refractivity contribution in [2.75, 3.05) is 0 Å². The minimum absolute atomic E-state index is 0.833. The molecule has 0 saturated heterocycles. The Morgan fingerprint density at radius 2 is 0.700 bits per heavy atom. The van der Waals surface area contributed by atoms with Gasteiger partial charge in [0.2, 0.25) is 0 Å². The summed E-state index contributed by atoms with van der Waals surface area (Å²) in [5.74, 6) is -1.96. The third kappa shape index (κ3) is 25.3. The lowest BCUT2D eigenvalue weighted by atomic mass is 10.0. The van der Waals surface area contributed by atoms with Crippen LogP contribution in [0.4, 0.5) is 0 Å². The molecule has 0 atom stereocenters. The standard InChI is InChI=1S/C10H20.2C3H4O2/c1-2-4-6-8-10-9-7-5-3-1;2*1-2-3(4)5/h1-10H2;2*2H,1H2,(H,4,5). The van der Waals surface area contributed by atoms with Crippen LogP contribution in [-0.4, -0.2) is 22.2 Å². The van der Waals surface area contributed by atoms with Gasteiger partial charge in [0.25, 0.3) is 0 Å². The van der Waals surface area contributed by atoms with Crippen molar-refractivity contribution in [1.82, 2.24) is 0 Å². The van der Waals surface area contributed by atoms with E-state index in [0.717, 1.165) is 12.2 Å². The van der Waals surface area contributed by atoms with E-state index >= 15 is 0 Å². The smallest absolute Gasteiger partial charge is 0.327 e. The van der Waals surface area contributed by atoms with Gasteiger partial charge in [-0.25, -0.2) is 9.59 Å². The quantitative estimate of drug-likeness (QED) is 0.736. The summed E-state index contributed by atoms with van der Waals surface area (Å²) in [7, 11) is 0. The predicted molar refractivity (Wildman–Crippen MR) is 81.8 cm³/mol. The van der Waals surface area contributed by atoms with Gasteiger partial charge in [0, 0.05) is 12.2 Å². The topological polar surface area (TPSA) is 74.6 Å². The van der Waals surface area contributed by atoms with Crippen molar-refractivity contribution < 1.29 is 19.8 Å². The van der Waals surface area contributed by atoms with Crippen LogP contribution in [0.2, 0.25) is 0 Å². The molecule has 4 heteroatoms. The summed E-state index contributed by atoms with van der Waals surface area (Å²) in [6, 6.07) is 0. The fourth-order valence-corrected chi connectivity index (χ4v) is 1.77. The Bertz CT molecular complexity index is 220. The van der Waals surface area contributed by atoms with E-state index in [-0.39, 0.29) is 0 Å². The van der Waals surface area contributed by atoms with Gasteiger partial charge in [0.15, 0.2) is 0 Å². The molecule has 1 rings (SSSR count). The molecule has 0 bridgehead atoms. The average molecular weight is 284 g/mol. The van der Waals surface area contributed by atoms with Crippen molar-refractivity contribution in [3.63, 3.8) is 0 Å². The molecule has 2 N–H and O–H groups in total. The number of carbonyl (C=O) groups is 2. The van der Waals surface area contributed by atoms with Crippen LogP contribution in [0.5, 0.6) is 0 Å². The van der Waals surface area contributed by atoms with Crippen molar-refractivity contribution in [3.05, 3.63) is 25.3 Å². The highest BCUT2D eigenvalue weighted by Gasteiger charge is 1.95. The Hall–Kier alpha value is -1.58. The second-order valence-electron chi connectivity index (χ2n) is 4.62. The minimum Gasteiger partial charge on any atom is -0.478 e. The number of carboxylic acids is 2. The van der Waals surface area contributed by atoms with Gasteiger partial charge < -0.3 is 10.2 Å². The molecule has 0 aliphatic heterocycles. The highest BCUT2D eigenvalue weighted by atomic mass is 16.4. The van der Waals surface area contributed by atoms with Crippen molar-refractivity contribution in [2.45, 2.75) is 64.2 Å². The van der Waals surface area contributed by atoms with Gasteiger partial charge in [0.05, 0.1) is 0 Å². The normalized spacial score (nSPS) is 15.2. The molecule has 0 aromatic carbocycles. The average Bonchev–Trinajstić information content (AvgIpc) is 2.46. The van der Waals surface area contributed by atoms with E-state index in [1.54, 1.807) is 0 Å². The van der Waals surface area contributed by atoms with Gasteiger partial charge in [0.1, 0.15) is 0 Å². The van der Waals surface area contributed by atoms with Crippen LogP contribution in [0.15, 0.2) is 25.3 Å². The zero-order valence-electron chi connectivity index (χ0n) is 12.4. The van der Waals surface area contributed by atoms with Gasteiger partial charge in [-0.15, -0.1) is 0 Å². The first-order valence-corrected chi connectivity index (χ1v) is 7.25. The number of hydrogen-bond donors (Lipinski definition) is 2. The monoisotopic (exact) mass is 284 g/mol. The number of hydrogen-bond acceptors (Lipinski definition) is 2.